The van der Waals surface area contributed by atoms with Crippen LogP contribution in [0, 0.1) is 11.3 Å². The molecule has 2 aliphatic rings. The molecule has 4 nitrogen and oxygen atoms in total. The van der Waals surface area contributed by atoms with Crippen molar-refractivity contribution in [3.8, 4) is 10.4 Å². The molecule has 2 aromatic rings. The van der Waals surface area contributed by atoms with Gasteiger partial charge < -0.3 is 10.2 Å². The van der Waals surface area contributed by atoms with Crippen molar-refractivity contribution in [3.05, 3.63) is 47.3 Å². The number of carbonyl (C=O) groups excluding carboxylic acids is 2. The molecule has 0 radical (unpaired) electrons. The fourth-order valence-electron chi connectivity index (χ4n) is 4.20. The summed E-state index contributed by atoms with van der Waals surface area (Å²) in [5.41, 5.74) is 1.83. The number of nitrogens with one attached hydrogen (secondary N) is 1. The summed E-state index contributed by atoms with van der Waals surface area (Å²) in [5.74, 6) is 0.504. The fourth-order valence-corrected chi connectivity index (χ4v) is 4.94. The van der Waals surface area contributed by atoms with Crippen molar-refractivity contribution in [3.63, 3.8) is 0 Å². The van der Waals surface area contributed by atoms with Gasteiger partial charge in [-0.05, 0) is 54.7 Å². The summed E-state index contributed by atoms with van der Waals surface area (Å²) < 4.78 is 0. The SMILES string of the molecule is CNC(=O)[C@@]1(Cc2ccc(-c3cccs3)cc2)CCCN(C(=O)C2CC2)C1. The van der Waals surface area contributed by atoms with Gasteiger partial charge in [-0.1, -0.05) is 30.3 Å². The van der Waals surface area contributed by atoms with E-state index in [4.69, 9.17) is 0 Å². The van der Waals surface area contributed by atoms with E-state index in [1.807, 2.05) is 4.90 Å². The van der Waals surface area contributed by atoms with Crippen LogP contribution in [0.2, 0.25) is 0 Å². The van der Waals surface area contributed by atoms with Crippen molar-refractivity contribution in [1.29, 1.82) is 0 Å². The normalized spacial score (nSPS) is 22.5. The summed E-state index contributed by atoms with van der Waals surface area (Å²) in [6.07, 6.45) is 4.40. The van der Waals surface area contributed by atoms with Gasteiger partial charge in [-0.15, -0.1) is 11.3 Å². The summed E-state index contributed by atoms with van der Waals surface area (Å²) in [6, 6.07) is 12.7. The second-order valence-corrected chi connectivity index (χ2v) is 8.80. The molecule has 2 fully saturated rings. The molecule has 1 saturated heterocycles. The zero-order valence-corrected chi connectivity index (χ0v) is 16.6. The van der Waals surface area contributed by atoms with Crippen LogP contribution in [0.5, 0.6) is 0 Å². The van der Waals surface area contributed by atoms with Crippen LogP contribution in [-0.4, -0.2) is 36.9 Å². The first kappa shape index (κ1) is 18.2. The number of carbonyl (C=O) groups is 2. The van der Waals surface area contributed by atoms with E-state index in [0.29, 0.717) is 13.0 Å². The number of hydrogen-bond acceptors (Lipinski definition) is 3. The van der Waals surface area contributed by atoms with Crippen molar-refractivity contribution in [1.82, 2.24) is 10.2 Å². The van der Waals surface area contributed by atoms with Crippen LogP contribution in [0.15, 0.2) is 41.8 Å². The molecule has 1 aliphatic carbocycles. The Morgan fingerprint density at radius 1 is 1.22 bits per heavy atom. The highest BCUT2D eigenvalue weighted by Crippen LogP contribution is 2.38. The van der Waals surface area contributed by atoms with Gasteiger partial charge in [0.2, 0.25) is 11.8 Å². The van der Waals surface area contributed by atoms with Gasteiger partial charge in [-0.3, -0.25) is 9.59 Å². The molecule has 0 bridgehead atoms. The van der Waals surface area contributed by atoms with Crippen molar-refractivity contribution in [2.75, 3.05) is 20.1 Å². The molecule has 1 N–H and O–H groups in total. The first-order chi connectivity index (χ1) is 13.1. The van der Waals surface area contributed by atoms with Gasteiger partial charge in [0, 0.05) is 30.9 Å². The van der Waals surface area contributed by atoms with Crippen molar-refractivity contribution < 1.29 is 9.59 Å². The molecule has 1 aromatic heterocycles. The Hall–Kier alpha value is -2.14. The van der Waals surface area contributed by atoms with E-state index in [2.05, 4.69) is 47.1 Å². The van der Waals surface area contributed by atoms with E-state index in [9.17, 15) is 9.59 Å². The average Bonchev–Trinajstić information content (AvgIpc) is 3.41. The van der Waals surface area contributed by atoms with Gasteiger partial charge in [0.15, 0.2) is 0 Å². The molecule has 1 atom stereocenters. The first-order valence-electron chi connectivity index (χ1n) is 9.75. The van der Waals surface area contributed by atoms with Crippen LogP contribution < -0.4 is 5.32 Å². The van der Waals surface area contributed by atoms with Gasteiger partial charge in [-0.2, -0.15) is 0 Å². The molecule has 27 heavy (non-hydrogen) atoms. The summed E-state index contributed by atoms with van der Waals surface area (Å²) in [5, 5.41) is 4.94. The predicted octanol–water partition coefficient (Wildman–Crippen LogP) is 3.72. The van der Waals surface area contributed by atoms with Gasteiger partial charge in [0.05, 0.1) is 5.41 Å². The molecule has 4 rings (SSSR count). The molecule has 2 amide bonds. The lowest BCUT2D eigenvalue weighted by Crippen LogP contribution is -2.54. The molecule has 0 spiro atoms. The maximum atomic E-state index is 12.9. The Kier molecular flexibility index (Phi) is 5.04. The second kappa shape index (κ2) is 7.47. The Balaban J connectivity index is 1.55. The zero-order chi connectivity index (χ0) is 18.9. The topological polar surface area (TPSA) is 49.4 Å². The molecule has 142 valence electrons. The fraction of sp³-hybridized carbons (Fsp3) is 0.455. The van der Waals surface area contributed by atoms with Crippen molar-refractivity contribution >= 4 is 23.2 Å². The predicted molar refractivity (Wildman–Crippen MR) is 108 cm³/mol. The van der Waals surface area contributed by atoms with E-state index >= 15 is 0 Å². The molecule has 1 aromatic carbocycles. The Morgan fingerprint density at radius 2 is 2.00 bits per heavy atom. The highest BCUT2D eigenvalue weighted by molar-refractivity contribution is 7.13. The van der Waals surface area contributed by atoms with E-state index < -0.39 is 5.41 Å². The van der Waals surface area contributed by atoms with Crippen molar-refractivity contribution in [2.24, 2.45) is 11.3 Å². The van der Waals surface area contributed by atoms with Crippen LogP contribution in [0.1, 0.15) is 31.2 Å². The molecular formula is C22H26N2O2S. The Bertz CT molecular complexity index is 811. The minimum Gasteiger partial charge on any atom is -0.359 e. The first-order valence-corrected chi connectivity index (χ1v) is 10.6. The summed E-state index contributed by atoms with van der Waals surface area (Å²) in [6.45, 7) is 1.32. The maximum absolute atomic E-state index is 12.9. The molecule has 5 heteroatoms. The molecular weight excluding hydrogens is 356 g/mol. The van der Waals surface area contributed by atoms with Gasteiger partial charge in [0.25, 0.3) is 0 Å². The van der Waals surface area contributed by atoms with E-state index in [0.717, 1.165) is 37.8 Å². The van der Waals surface area contributed by atoms with Crippen LogP contribution >= 0.6 is 11.3 Å². The second-order valence-electron chi connectivity index (χ2n) is 7.85. The zero-order valence-electron chi connectivity index (χ0n) is 15.7. The summed E-state index contributed by atoms with van der Waals surface area (Å²) in [4.78, 5) is 28.6. The number of benzene rings is 1. The van der Waals surface area contributed by atoms with Crippen molar-refractivity contribution in [2.45, 2.75) is 32.1 Å². The quantitative estimate of drug-likeness (QED) is 0.857. The Morgan fingerprint density at radius 3 is 2.63 bits per heavy atom. The smallest absolute Gasteiger partial charge is 0.228 e. The van der Waals surface area contributed by atoms with Crippen LogP contribution in [0.25, 0.3) is 10.4 Å². The number of rotatable bonds is 5. The third kappa shape index (κ3) is 3.79. The molecule has 1 saturated carbocycles. The number of likely N-dealkylation sites (tertiary alicyclic amines) is 1. The standard InChI is InChI=1S/C22H26N2O2S/c1-23-21(26)22(11-3-12-24(15-22)20(25)18-9-10-18)14-16-5-7-17(8-6-16)19-4-2-13-27-19/h2,4-8,13,18H,3,9-12,14-15H2,1H3,(H,23,26)/t22-/m1/s1. The lowest BCUT2D eigenvalue weighted by Gasteiger charge is -2.41. The van der Waals surface area contributed by atoms with Crippen LogP contribution in [0.3, 0.4) is 0 Å². The number of amides is 2. The average molecular weight is 383 g/mol. The lowest BCUT2D eigenvalue weighted by molar-refractivity contribution is -0.142. The molecule has 1 aliphatic heterocycles. The minimum absolute atomic E-state index is 0.0538. The van der Waals surface area contributed by atoms with E-state index in [1.165, 1.54) is 10.4 Å². The lowest BCUT2D eigenvalue weighted by atomic mass is 9.74. The van der Waals surface area contributed by atoms with Crippen LogP contribution in [0.4, 0.5) is 0 Å². The largest absolute Gasteiger partial charge is 0.359 e. The number of hydrogen-bond donors (Lipinski definition) is 1. The number of nitrogens with zero attached hydrogens (tertiary/aromatic N) is 1. The van der Waals surface area contributed by atoms with Gasteiger partial charge >= 0.3 is 0 Å². The highest BCUT2D eigenvalue weighted by Gasteiger charge is 2.45. The third-order valence-electron chi connectivity index (χ3n) is 5.83. The van der Waals surface area contributed by atoms with Crippen LogP contribution in [-0.2, 0) is 16.0 Å². The number of thiophene rings is 1. The molecule has 0 unspecified atom stereocenters. The van der Waals surface area contributed by atoms with Gasteiger partial charge in [0.1, 0.15) is 0 Å². The minimum atomic E-state index is -0.526. The highest BCUT2D eigenvalue weighted by atomic mass is 32.1. The summed E-state index contributed by atoms with van der Waals surface area (Å²) >= 11 is 1.73. The molecule has 2 heterocycles. The number of piperidine rings is 1. The van der Waals surface area contributed by atoms with E-state index in [1.54, 1.807) is 18.4 Å². The Labute approximate surface area is 164 Å². The summed E-state index contributed by atoms with van der Waals surface area (Å²) in [7, 11) is 1.70. The third-order valence-corrected chi connectivity index (χ3v) is 6.74. The van der Waals surface area contributed by atoms with E-state index in [-0.39, 0.29) is 17.7 Å². The monoisotopic (exact) mass is 382 g/mol. The van der Waals surface area contributed by atoms with Gasteiger partial charge in [-0.25, -0.2) is 0 Å². The maximum Gasteiger partial charge on any atom is 0.228 e.